The lowest BCUT2D eigenvalue weighted by Gasteiger charge is -2.19. The molecule has 0 unspecified atom stereocenters. The topological polar surface area (TPSA) is 33.3 Å². The molecule has 2 N–H and O–H groups in total. The quantitative estimate of drug-likeness (QED) is 0.206. The summed E-state index contributed by atoms with van der Waals surface area (Å²) < 4.78 is 18.6. The molecule has 0 radical (unpaired) electrons. The Balaban J connectivity index is 1.65. The summed E-state index contributed by atoms with van der Waals surface area (Å²) in [7, 11) is 1.67. The van der Waals surface area contributed by atoms with Gasteiger partial charge in [-0.3, -0.25) is 0 Å². The highest BCUT2D eigenvalue weighted by Gasteiger charge is 2.14. The van der Waals surface area contributed by atoms with Crippen LogP contribution in [-0.4, -0.2) is 18.8 Å². The third-order valence-electron chi connectivity index (χ3n) is 5.63. The maximum Gasteiger partial charge on any atom is 0.170 e. The van der Waals surface area contributed by atoms with Crippen LogP contribution in [0.25, 0.3) is 11.1 Å². The second-order valence-electron chi connectivity index (χ2n) is 7.95. The number of hydrogen-bond donors (Lipinski definition) is 2. The van der Waals surface area contributed by atoms with E-state index >= 15 is 0 Å². The van der Waals surface area contributed by atoms with Crippen LogP contribution in [0, 0.1) is 5.82 Å². The molecule has 0 saturated carbocycles. The highest BCUT2D eigenvalue weighted by molar-refractivity contribution is 7.80. The smallest absolute Gasteiger partial charge is 0.170 e. The molecule has 0 aromatic heterocycles. The maximum atomic E-state index is 13.2. The fraction of sp³-hybridized carbons (Fsp3) is 0.100. The van der Waals surface area contributed by atoms with Gasteiger partial charge in [-0.25, -0.2) is 4.39 Å². The summed E-state index contributed by atoms with van der Waals surface area (Å²) in [6.07, 6.45) is 0.742. The predicted octanol–water partition coefficient (Wildman–Crippen LogP) is 7.17. The van der Waals surface area contributed by atoms with Crippen molar-refractivity contribution in [1.82, 2.24) is 5.32 Å². The van der Waals surface area contributed by atoms with E-state index in [0.717, 1.165) is 34.5 Å². The predicted molar refractivity (Wildman–Crippen MR) is 147 cm³/mol. The number of nitrogens with one attached hydrogen (secondary N) is 2. The van der Waals surface area contributed by atoms with Crippen LogP contribution in [0.2, 0.25) is 0 Å². The van der Waals surface area contributed by atoms with E-state index in [-0.39, 0.29) is 5.82 Å². The van der Waals surface area contributed by atoms with Gasteiger partial charge in [-0.05, 0) is 82.9 Å². The first-order chi connectivity index (χ1) is 17.1. The van der Waals surface area contributed by atoms with Crippen molar-refractivity contribution in [3.05, 3.63) is 132 Å². The van der Waals surface area contributed by atoms with Crippen LogP contribution >= 0.6 is 12.2 Å². The number of thiocarbonyl (C=S) groups is 1. The van der Waals surface area contributed by atoms with Crippen molar-refractivity contribution in [2.24, 2.45) is 0 Å². The summed E-state index contributed by atoms with van der Waals surface area (Å²) >= 11 is 5.47. The van der Waals surface area contributed by atoms with Crippen molar-refractivity contribution in [3.8, 4) is 5.75 Å². The summed E-state index contributed by atoms with van der Waals surface area (Å²) in [6.45, 7) is 0.629. The van der Waals surface area contributed by atoms with Crippen molar-refractivity contribution in [2.75, 3.05) is 19.0 Å². The van der Waals surface area contributed by atoms with E-state index in [9.17, 15) is 4.39 Å². The SMILES string of the molecule is COc1ccc(/C(=C(/CCNC(=S)Nc2ccc(F)cc2)c2ccccc2)c2ccccc2)cc1. The average Bonchev–Trinajstić information content (AvgIpc) is 2.91. The molecule has 0 aliphatic carbocycles. The Hall–Kier alpha value is -3.96. The van der Waals surface area contributed by atoms with E-state index in [4.69, 9.17) is 17.0 Å². The summed E-state index contributed by atoms with van der Waals surface area (Å²) in [5, 5.41) is 6.90. The summed E-state index contributed by atoms with van der Waals surface area (Å²) in [5.41, 5.74) is 6.52. The highest BCUT2D eigenvalue weighted by Crippen LogP contribution is 2.34. The monoisotopic (exact) mass is 482 g/mol. The number of rotatable bonds is 8. The standard InChI is InChI=1S/C30H27FN2OS/c1-34-27-18-12-24(13-19-27)29(23-10-6-3-7-11-23)28(22-8-4-2-5-9-22)20-21-32-30(35)33-26-16-14-25(31)15-17-26/h2-19H,20-21H2,1H3,(H2,32,33,35)/b29-28-. The van der Waals surface area contributed by atoms with E-state index in [0.29, 0.717) is 11.7 Å². The number of hydrogen-bond acceptors (Lipinski definition) is 2. The maximum absolute atomic E-state index is 13.2. The molecule has 0 aliphatic rings. The molecule has 4 aromatic carbocycles. The van der Waals surface area contributed by atoms with Gasteiger partial charge < -0.3 is 15.4 Å². The Labute approximate surface area is 211 Å². The zero-order valence-corrected chi connectivity index (χ0v) is 20.3. The van der Waals surface area contributed by atoms with E-state index in [1.807, 2.05) is 24.3 Å². The minimum absolute atomic E-state index is 0.279. The molecule has 0 atom stereocenters. The van der Waals surface area contributed by atoms with Gasteiger partial charge in [-0.1, -0.05) is 72.8 Å². The average molecular weight is 483 g/mol. The fourth-order valence-electron chi connectivity index (χ4n) is 3.94. The van der Waals surface area contributed by atoms with E-state index in [2.05, 4.69) is 71.3 Å². The van der Waals surface area contributed by atoms with Crippen LogP contribution in [0.5, 0.6) is 5.75 Å². The highest BCUT2D eigenvalue weighted by atomic mass is 32.1. The molecular weight excluding hydrogens is 455 g/mol. The van der Waals surface area contributed by atoms with Crippen molar-refractivity contribution < 1.29 is 9.13 Å². The summed E-state index contributed by atoms with van der Waals surface area (Å²) in [4.78, 5) is 0. The molecule has 0 saturated heterocycles. The van der Waals surface area contributed by atoms with Crippen molar-refractivity contribution in [2.45, 2.75) is 6.42 Å². The van der Waals surface area contributed by atoms with Gasteiger partial charge in [0, 0.05) is 12.2 Å². The zero-order valence-electron chi connectivity index (χ0n) is 19.5. The lowest BCUT2D eigenvalue weighted by molar-refractivity contribution is 0.415. The molecule has 0 fully saturated rings. The number of halogens is 1. The number of ether oxygens (including phenoxy) is 1. The summed E-state index contributed by atoms with van der Waals surface area (Å²) in [5.74, 6) is 0.542. The Morgan fingerprint density at radius 2 is 1.31 bits per heavy atom. The molecule has 4 rings (SSSR count). The van der Waals surface area contributed by atoms with Crippen LogP contribution in [-0.2, 0) is 0 Å². The Morgan fingerprint density at radius 1 is 0.743 bits per heavy atom. The van der Waals surface area contributed by atoms with Crippen molar-refractivity contribution in [3.63, 3.8) is 0 Å². The van der Waals surface area contributed by atoms with Crippen LogP contribution in [0.4, 0.5) is 10.1 Å². The second-order valence-corrected chi connectivity index (χ2v) is 8.36. The number of anilines is 1. The van der Waals surface area contributed by atoms with E-state index < -0.39 is 0 Å². The third-order valence-corrected chi connectivity index (χ3v) is 5.87. The Morgan fingerprint density at radius 3 is 1.91 bits per heavy atom. The summed E-state index contributed by atoms with van der Waals surface area (Å²) in [6, 6.07) is 35.1. The van der Waals surface area contributed by atoms with Crippen molar-refractivity contribution >= 4 is 34.2 Å². The van der Waals surface area contributed by atoms with Crippen LogP contribution in [0.15, 0.2) is 109 Å². The van der Waals surface area contributed by atoms with Gasteiger partial charge in [0.15, 0.2) is 5.11 Å². The zero-order chi connectivity index (χ0) is 24.5. The molecule has 5 heteroatoms. The lowest BCUT2D eigenvalue weighted by Crippen LogP contribution is -2.29. The fourth-order valence-corrected chi connectivity index (χ4v) is 4.16. The molecule has 3 nitrogen and oxygen atoms in total. The van der Waals surface area contributed by atoms with Crippen LogP contribution in [0.1, 0.15) is 23.1 Å². The molecule has 0 bridgehead atoms. The van der Waals surface area contributed by atoms with Gasteiger partial charge in [0.1, 0.15) is 11.6 Å². The first-order valence-corrected chi connectivity index (χ1v) is 11.8. The molecular formula is C30H27FN2OS. The second kappa shape index (κ2) is 12.0. The molecule has 0 spiro atoms. The molecule has 0 amide bonds. The largest absolute Gasteiger partial charge is 0.497 e. The molecule has 0 aliphatic heterocycles. The van der Waals surface area contributed by atoms with Gasteiger partial charge in [-0.15, -0.1) is 0 Å². The molecule has 176 valence electrons. The third kappa shape index (κ3) is 6.55. The number of methoxy groups -OCH3 is 1. The van der Waals surface area contributed by atoms with E-state index in [1.54, 1.807) is 19.2 Å². The van der Waals surface area contributed by atoms with Gasteiger partial charge in [-0.2, -0.15) is 0 Å². The van der Waals surface area contributed by atoms with Crippen molar-refractivity contribution in [1.29, 1.82) is 0 Å². The van der Waals surface area contributed by atoms with Gasteiger partial charge >= 0.3 is 0 Å². The first kappa shape index (κ1) is 24.2. The van der Waals surface area contributed by atoms with Crippen LogP contribution in [0.3, 0.4) is 0 Å². The molecule has 35 heavy (non-hydrogen) atoms. The molecule has 0 heterocycles. The minimum atomic E-state index is -0.279. The van der Waals surface area contributed by atoms with Crippen LogP contribution < -0.4 is 15.4 Å². The lowest BCUT2D eigenvalue weighted by atomic mass is 9.88. The van der Waals surface area contributed by atoms with E-state index in [1.165, 1.54) is 23.3 Å². The Bertz CT molecular complexity index is 1270. The molecule has 4 aromatic rings. The minimum Gasteiger partial charge on any atom is -0.497 e. The Kier molecular flexibility index (Phi) is 8.25. The van der Waals surface area contributed by atoms with Gasteiger partial charge in [0.2, 0.25) is 0 Å². The number of benzene rings is 4. The van der Waals surface area contributed by atoms with Gasteiger partial charge in [0.25, 0.3) is 0 Å². The first-order valence-electron chi connectivity index (χ1n) is 11.4. The van der Waals surface area contributed by atoms with Gasteiger partial charge in [0.05, 0.1) is 7.11 Å². The normalized spacial score (nSPS) is 11.4.